The van der Waals surface area contributed by atoms with Crippen molar-refractivity contribution in [1.29, 1.82) is 0 Å². The number of hydrogen-bond donors (Lipinski definition) is 0. The van der Waals surface area contributed by atoms with Gasteiger partial charge in [0.2, 0.25) is 5.82 Å². The molecule has 0 saturated carbocycles. The van der Waals surface area contributed by atoms with Crippen LogP contribution in [0.3, 0.4) is 0 Å². The van der Waals surface area contributed by atoms with Crippen molar-refractivity contribution in [2.24, 2.45) is 0 Å². The van der Waals surface area contributed by atoms with E-state index in [1.165, 1.54) is 35.4 Å². The molecule has 168 valence electrons. The van der Waals surface area contributed by atoms with Gasteiger partial charge in [0.25, 0.3) is 5.56 Å². The Hall–Kier alpha value is -3.88. The molecule has 2 aromatic carbocycles. The summed E-state index contributed by atoms with van der Waals surface area (Å²) in [6.45, 7) is 1.98. The summed E-state index contributed by atoms with van der Waals surface area (Å²) in [5.41, 5.74) is 1.79. The van der Waals surface area contributed by atoms with Crippen LogP contribution >= 0.6 is 0 Å². The molecule has 33 heavy (non-hydrogen) atoms. The summed E-state index contributed by atoms with van der Waals surface area (Å²) in [4.78, 5) is 19.0. The maximum absolute atomic E-state index is 13.6. The summed E-state index contributed by atoms with van der Waals surface area (Å²) in [6, 6.07) is 13.9. The van der Waals surface area contributed by atoms with Gasteiger partial charge in [-0.05, 0) is 49.1 Å². The lowest BCUT2D eigenvalue weighted by Crippen LogP contribution is -2.29. The smallest absolute Gasteiger partial charge is 0.324 e. The van der Waals surface area contributed by atoms with Gasteiger partial charge in [-0.3, -0.25) is 4.79 Å². The highest BCUT2D eigenvalue weighted by atomic mass is 19.1. The van der Waals surface area contributed by atoms with E-state index >= 15 is 0 Å². The van der Waals surface area contributed by atoms with E-state index in [0.29, 0.717) is 17.5 Å². The van der Waals surface area contributed by atoms with E-state index in [1.807, 2.05) is 24.3 Å². The molecule has 0 atom stereocenters. The van der Waals surface area contributed by atoms with Gasteiger partial charge < -0.3 is 9.42 Å². The lowest BCUT2D eigenvalue weighted by molar-refractivity contribution is 0.403. The van der Waals surface area contributed by atoms with Crippen LogP contribution in [0.2, 0.25) is 0 Å². The zero-order valence-electron chi connectivity index (χ0n) is 17.7. The van der Waals surface area contributed by atoms with Crippen molar-refractivity contribution in [3.05, 3.63) is 82.1 Å². The summed E-state index contributed by atoms with van der Waals surface area (Å²) in [6.07, 6.45) is 3.43. The molecule has 2 aromatic heterocycles. The molecule has 1 fully saturated rings. The average molecular weight is 449 g/mol. The molecule has 0 aliphatic carbocycles. The Balaban J connectivity index is 1.40. The topological polar surface area (TPSA) is 77.0 Å². The Bertz CT molecular complexity index is 1320. The molecule has 3 heterocycles. The summed E-state index contributed by atoms with van der Waals surface area (Å²) in [5.74, 6) is -0.940. The summed E-state index contributed by atoms with van der Waals surface area (Å²) < 4.78 is 33.9. The first-order chi connectivity index (χ1) is 16.0. The first kappa shape index (κ1) is 21.0. The van der Waals surface area contributed by atoms with Crippen LogP contribution in [-0.4, -0.2) is 33.0 Å². The van der Waals surface area contributed by atoms with Crippen molar-refractivity contribution in [2.75, 3.05) is 18.0 Å². The van der Waals surface area contributed by atoms with Crippen molar-refractivity contribution < 1.29 is 13.3 Å². The Labute approximate surface area is 188 Å². The molecule has 0 bridgehead atoms. The Morgan fingerprint density at radius 3 is 2.48 bits per heavy atom. The lowest BCUT2D eigenvalue weighted by atomic mass is 10.1. The van der Waals surface area contributed by atoms with Gasteiger partial charge in [0.05, 0.1) is 12.2 Å². The fraction of sp³-hybridized carbons (Fsp3) is 0.250. The third-order valence-corrected chi connectivity index (χ3v) is 5.58. The number of rotatable bonds is 5. The monoisotopic (exact) mass is 449 g/mol. The third-order valence-electron chi connectivity index (χ3n) is 5.58. The number of piperidine rings is 1. The van der Waals surface area contributed by atoms with Crippen LogP contribution in [0, 0.1) is 11.6 Å². The van der Waals surface area contributed by atoms with E-state index in [2.05, 4.69) is 20.1 Å². The predicted molar refractivity (Wildman–Crippen MR) is 119 cm³/mol. The van der Waals surface area contributed by atoms with Crippen LogP contribution in [-0.2, 0) is 6.54 Å². The Morgan fingerprint density at radius 2 is 1.70 bits per heavy atom. The lowest BCUT2D eigenvalue weighted by Gasteiger charge is -2.23. The van der Waals surface area contributed by atoms with E-state index in [9.17, 15) is 13.6 Å². The molecular formula is C24H21F2N5O2. The largest absolute Gasteiger partial charge is 0.324 e. The van der Waals surface area contributed by atoms with E-state index in [1.54, 1.807) is 0 Å². The minimum atomic E-state index is -0.707. The quantitative estimate of drug-likeness (QED) is 0.453. The molecule has 0 unspecified atom stereocenters. The maximum atomic E-state index is 13.6. The highest BCUT2D eigenvalue weighted by Crippen LogP contribution is 2.24. The maximum Gasteiger partial charge on any atom is 0.324 e. The number of anilines is 1. The summed E-state index contributed by atoms with van der Waals surface area (Å²) in [5, 5.41) is 8.42. The van der Waals surface area contributed by atoms with Crippen molar-refractivity contribution in [1.82, 2.24) is 19.9 Å². The fourth-order valence-corrected chi connectivity index (χ4v) is 3.95. The molecule has 1 saturated heterocycles. The molecule has 0 spiro atoms. The van der Waals surface area contributed by atoms with Gasteiger partial charge in [-0.1, -0.05) is 23.4 Å². The standard InChI is InChI=1S/C24H21F2N5O2/c25-19-12-18(13-20(26)14-19)21-7-8-22(32)31(28-21)15-16-5-4-6-17(11-16)23-27-24(33-29-23)30-9-2-1-3-10-30/h4-8,11-14H,1-3,9-10,15H2. The van der Waals surface area contributed by atoms with E-state index in [-0.39, 0.29) is 17.7 Å². The Morgan fingerprint density at radius 1 is 0.909 bits per heavy atom. The highest BCUT2D eigenvalue weighted by Gasteiger charge is 2.18. The molecule has 9 heteroatoms. The van der Waals surface area contributed by atoms with E-state index < -0.39 is 11.6 Å². The first-order valence-electron chi connectivity index (χ1n) is 10.8. The van der Waals surface area contributed by atoms with Crippen molar-refractivity contribution in [3.63, 3.8) is 0 Å². The molecule has 0 amide bonds. The van der Waals surface area contributed by atoms with Crippen LogP contribution in [0.15, 0.2) is 63.9 Å². The number of benzene rings is 2. The second kappa shape index (κ2) is 8.93. The second-order valence-electron chi connectivity index (χ2n) is 8.02. The number of nitrogens with zero attached hydrogens (tertiary/aromatic N) is 5. The van der Waals surface area contributed by atoms with Crippen LogP contribution in [0.5, 0.6) is 0 Å². The van der Waals surface area contributed by atoms with E-state index in [0.717, 1.165) is 43.1 Å². The average Bonchev–Trinajstić information content (AvgIpc) is 3.31. The van der Waals surface area contributed by atoms with Gasteiger partial charge in [0.15, 0.2) is 0 Å². The van der Waals surface area contributed by atoms with Crippen molar-refractivity contribution >= 4 is 6.01 Å². The molecular weight excluding hydrogens is 428 g/mol. The highest BCUT2D eigenvalue weighted by molar-refractivity contribution is 5.59. The van der Waals surface area contributed by atoms with Gasteiger partial charge in [-0.15, -0.1) is 0 Å². The first-order valence-corrected chi connectivity index (χ1v) is 10.8. The third kappa shape index (κ3) is 4.67. The van der Waals surface area contributed by atoms with Crippen LogP contribution in [0.4, 0.5) is 14.8 Å². The molecule has 1 aliphatic heterocycles. The SMILES string of the molecule is O=c1ccc(-c2cc(F)cc(F)c2)nn1Cc1cccc(-c2noc(N3CCCCC3)n2)c1. The molecule has 5 rings (SSSR count). The van der Waals surface area contributed by atoms with Crippen molar-refractivity contribution in [2.45, 2.75) is 25.8 Å². The van der Waals surface area contributed by atoms with Gasteiger partial charge in [-0.25, -0.2) is 13.5 Å². The minimum Gasteiger partial charge on any atom is -0.324 e. The molecule has 1 aliphatic rings. The predicted octanol–water partition coefficient (Wildman–Crippen LogP) is 4.28. The van der Waals surface area contributed by atoms with E-state index in [4.69, 9.17) is 4.52 Å². The number of aromatic nitrogens is 4. The zero-order valence-corrected chi connectivity index (χ0v) is 17.7. The number of hydrogen-bond acceptors (Lipinski definition) is 6. The van der Waals surface area contributed by atoms with Gasteiger partial charge in [-0.2, -0.15) is 10.1 Å². The second-order valence-corrected chi connectivity index (χ2v) is 8.02. The Kier molecular flexibility index (Phi) is 5.68. The van der Waals surface area contributed by atoms with Crippen molar-refractivity contribution in [3.8, 4) is 22.6 Å². The van der Waals surface area contributed by atoms with Gasteiger partial charge in [0, 0.05) is 36.3 Å². The normalized spacial score (nSPS) is 13.9. The molecule has 7 nitrogen and oxygen atoms in total. The molecule has 0 N–H and O–H groups in total. The van der Waals surface area contributed by atoms with Crippen LogP contribution in [0.25, 0.3) is 22.6 Å². The van der Waals surface area contributed by atoms with Gasteiger partial charge in [0.1, 0.15) is 11.6 Å². The zero-order chi connectivity index (χ0) is 22.8. The van der Waals surface area contributed by atoms with Crippen LogP contribution in [0.1, 0.15) is 24.8 Å². The van der Waals surface area contributed by atoms with Crippen LogP contribution < -0.4 is 10.5 Å². The summed E-state index contributed by atoms with van der Waals surface area (Å²) in [7, 11) is 0. The summed E-state index contributed by atoms with van der Waals surface area (Å²) >= 11 is 0. The molecule has 4 aromatic rings. The number of halogens is 2. The minimum absolute atomic E-state index is 0.176. The van der Waals surface area contributed by atoms with Gasteiger partial charge >= 0.3 is 6.01 Å². The fourth-order valence-electron chi connectivity index (χ4n) is 3.95. The molecule has 0 radical (unpaired) electrons.